The second-order valence-electron chi connectivity index (χ2n) is 0. The van der Waals surface area contributed by atoms with E-state index in [2.05, 4.69) is 0 Å². The van der Waals surface area contributed by atoms with Gasteiger partial charge in [-0.2, -0.15) is 0 Å². The van der Waals surface area contributed by atoms with E-state index in [0.717, 1.165) is 0 Å². The molecule has 0 atom stereocenters. The molecule has 0 heterocycles. The van der Waals surface area contributed by atoms with Crippen LogP contribution in [0.3, 0.4) is 0 Å². The predicted molar refractivity (Wildman–Crippen MR) is 9.94 cm³/mol. The summed E-state index contributed by atoms with van der Waals surface area (Å²) in [6.07, 6.45) is 0. The van der Waals surface area contributed by atoms with Crippen LogP contribution in [0.15, 0.2) is 0 Å². The number of rotatable bonds is 0. The van der Waals surface area contributed by atoms with Gasteiger partial charge in [-0.25, -0.2) is 0 Å². The van der Waals surface area contributed by atoms with Crippen LogP contribution in [0.5, 0.6) is 0 Å². The van der Waals surface area contributed by atoms with Crippen molar-refractivity contribution in [2.75, 3.05) is 0 Å². The van der Waals surface area contributed by atoms with Crippen LogP contribution >= 0.6 is 0 Å². The van der Waals surface area contributed by atoms with Crippen LogP contribution in [0.25, 0.3) is 0 Å². The molecule has 0 aromatic heterocycles. The minimum Gasteiger partial charge on any atom is 0 e. The Morgan fingerprint density at radius 3 is 0.400 bits per heavy atom. The minimum atomic E-state index is 0. The van der Waals surface area contributed by atoms with Gasteiger partial charge in [0.05, 0.1) is 0 Å². The van der Waals surface area contributed by atoms with Crippen LogP contribution < -0.4 is 0 Å². The van der Waals surface area contributed by atoms with Crippen molar-refractivity contribution in [2.24, 2.45) is 0 Å². The molecule has 0 fully saturated rings. The Balaban J connectivity index is 0. The Morgan fingerprint density at radius 1 is 0.400 bits per heavy atom. The smallest absolute Gasteiger partial charge is 0 e. The van der Waals surface area contributed by atoms with E-state index in [4.69, 9.17) is 0 Å². The summed E-state index contributed by atoms with van der Waals surface area (Å²) < 4.78 is 0. The molecule has 0 radical (unpaired) electrons. The quantitative estimate of drug-likeness (QED) is 0.451. The average molecular weight is 221 g/mol. The molecule has 5 heavy (non-hydrogen) atoms. The summed E-state index contributed by atoms with van der Waals surface area (Å²) in [6, 6.07) is 0. The number of hydrogen-bond donors (Lipinski definition) is 0. The first-order chi connectivity index (χ1) is 0. The summed E-state index contributed by atoms with van der Waals surface area (Å²) in [6.45, 7) is 0. The zero-order chi connectivity index (χ0) is 0. The van der Waals surface area contributed by atoms with Gasteiger partial charge in [-0.15, -0.1) is 0 Å². The van der Waals surface area contributed by atoms with E-state index in [1.165, 1.54) is 0 Å². The molecule has 0 spiro atoms. The van der Waals surface area contributed by atoms with E-state index >= 15 is 0 Å². The van der Waals surface area contributed by atoms with E-state index in [9.17, 15) is 0 Å². The molecule has 0 aliphatic carbocycles. The van der Waals surface area contributed by atoms with Gasteiger partial charge in [0.25, 0.3) is 0 Å². The van der Waals surface area contributed by atoms with E-state index < -0.39 is 0 Å². The third-order valence-electron chi connectivity index (χ3n) is 0. The molecule has 0 aliphatic heterocycles. The van der Waals surface area contributed by atoms with Crippen molar-refractivity contribution < 1.29 is 86.9 Å². The Hall–Kier alpha value is 3.39. The van der Waals surface area contributed by atoms with Gasteiger partial charge in [0.2, 0.25) is 0 Å². The maximum atomic E-state index is 0. The van der Waals surface area contributed by atoms with Gasteiger partial charge in [0, 0.05) is 86.9 Å². The van der Waals surface area contributed by atoms with Crippen molar-refractivity contribution in [3.05, 3.63) is 0 Å². The third kappa shape index (κ3) is 18.7. The van der Waals surface area contributed by atoms with Crippen LogP contribution in [0.1, 0.15) is 0 Å². The Morgan fingerprint density at radius 2 is 0.400 bits per heavy atom. The molecule has 0 bridgehead atoms. The standard InChI is InChI=1S/Al.4Ti.3H. The SMILES string of the molecule is [AlH3].[Ti].[Ti].[Ti].[Ti]. The van der Waals surface area contributed by atoms with Crippen molar-refractivity contribution >= 4 is 17.4 Å². The van der Waals surface area contributed by atoms with Crippen molar-refractivity contribution in [3.63, 3.8) is 0 Å². The zero-order valence-electron chi connectivity index (χ0n) is 2.00. The molecule has 0 amide bonds. The van der Waals surface area contributed by atoms with Gasteiger partial charge in [0.15, 0.2) is 17.4 Å². The molecule has 22 valence electrons. The maximum Gasteiger partial charge on any atom is 0.187 e. The van der Waals surface area contributed by atoms with Crippen LogP contribution in [-0.4, -0.2) is 17.4 Å². The Kier molecular flexibility index (Phi) is 209. The van der Waals surface area contributed by atoms with Crippen molar-refractivity contribution in [3.8, 4) is 0 Å². The molecular weight excluding hydrogens is 218 g/mol. The van der Waals surface area contributed by atoms with Crippen molar-refractivity contribution in [2.45, 2.75) is 0 Å². The first-order valence-electron chi connectivity index (χ1n) is 0. The molecule has 0 aliphatic rings. The molecule has 0 N–H and O–H groups in total. The largest absolute Gasteiger partial charge is 0.187 e. The Bertz CT molecular complexity index is 3.61. The van der Waals surface area contributed by atoms with E-state index in [1.807, 2.05) is 0 Å². The molecule has 0 saturated heterocycles. The fraction of sp³-hybridized carbons (Fsp3) is 0. The summed E-state index contributed by atoms with van der Waals surface area (Å²) in [7, 11) is 0. The molecule has 0 rings (SSSR count). The van der Waals surface area contributed by atoms with Gasteiger partial charge in [0.1, 0.15) is 0 Å². The third-order valence-corrected chi connectivity index (χ3v) is 0. The summed E-state index contributed by atoms with van der Waals surface area (Å²) in [5, 5.41) is 0. The second-order valence-corrected chi connectivity index (χ2v) is 0. The fourth-order valence-electron chi connectivity index (χ4n) is 0. The summed E-state index contributed by atoms with van der Waals surface area (Å²) >= 11 is 0. The van der Waals surface area contributed by atoms with Gasteiger partial charge in [-0.05, 0) is 0 Å². The monoisotopic (exact) mass is 222 g/mol. The number of hydrogen-bond acceptors (Lipinski definition) is 0. The zero-order valence-corrected chi connectivity index (χ0v) is 8.25. The predicted octanol–water partition coefficient (Wildman–Crippen LogP) is -1.19. The first-order valence-corrected chi connectivity index (χ1v) is 0. The van der Waals surface area contributed by atoms with Crippen molar-refractivity contribution in [1.82, 2.24) is 0 Å². The second kappa shape index (κ2) is 26.3. The summed E-state index contributed by atoms with van der Waals surface area (Å²) in [4.78, 5) is 0. The van der Waals surface area contributed by atoms with Crippen LogP contribution in [0, 0.1) is 0 Å². The Labute approximate surface area is 102 Å². The van der Waals surface area contributed by atoms with E-state index in [-0.39, 0.29) is 104 Å². The molecule has 0 aromatic rings. The molecule has 0 nitrogen and oxygen atoms in total. The molecule has 0 saturated carbocycles. The van der Waals surface area contributed by atoms with E-state index in [1.54, 1.807) is 0 Å². The minimum absolute atomic E-state index is 0. The molecule has 5 heteroatoms. The molecule has 0 unspecified atom stereocenters. The van der Waals surface area contributed by atoms with E-state index in [0.29, 0.717) is 0 Å². The topological polar surface area (TPSA) is 0 Å². The first kappa shape index (κ1) is 39.9. The maximum absolute atomic E-state index is 0. The van der Waals surface area contributed by atoms with Crippen LogP contribution in [-0.2, 0) is 86.9 Å². The normalized spacial score (nSPS) is 0. The van der Waals surface area contributed by atoms with Gasteiger partial charge in [-0.3, -0.25) is 0 Å². The average Bonchev–Trinajstić information content (AvgIpc) is 0. The van der Waals surface area contributed by atoms with Gasteiger partial charge >= 0.3 is 0 Å². The van der Waals surface area contributed by atoms with Crippen molar-refractivity contribution in [1.29, 1.82) is 0 Å². The summed E-state index contributed by atoms with van der Waals surface area (Å²) in [5.41, 5.74) is 0. The summed E-state index contributed by atoms with van der Waals surface area (Å²) in [5.74, 6) is 0. The van der Waals surface area contributed by atoms with Gasteiger partial charge < -0.3 is 0 Å². The fourth-order valence-corrected chi connectivity index (χ4v) is 0. The molecular formula is H3AlTi4. The molecule has 0 aromatic carbocycles. The van der Waals surface area contributed by atoms with Gasteiger partial charge in [-0.1, -0.05) is 0 Å². The van der Waals surface area contributed by atoms with Crippen LogP contribution in [0.2, 0.25) is 0 Å². The van der Waals surface area contributed by atoms with Crippen LogP contribution in [0.4, 0.5) is 0 Å².